The normalized spacial score (nSPS) is 21.2. The van der Waals surface area contributed by atoms with Gasteiger partial charge in [0.1, 0.15) is 0 Å². The van der Waals surface area contributed by atoms with Crippen LogP contribution in [0.3, 0.4) is 0 Å². The molecule has 2 atom stereocenters. The van der Waals surface area contributed by atoms with E-state index < -0.39 is 11.7 Å². The first-order valence-electron chi connectivity index (χ1n) is 12.9. The highest BCUT2D eigenvalue weighted by molar-refractivity contribution is 5.42. The fourth-order valence-corrected chi connectivity index (χ4v) is 5.65. The summed E-state index contributed by atoms with van der Waals surface area (Å²) in [5.74, 6) is -0.215. The summed E-state index contributed by atoms with van der Waals surface area (Å²) in [7, 11) is 0. The molecule has 0 radical (unpaired) electrons. The molecule has 192 valence electrons. The summed E-state index contributed by atoms with van der Waals surface area (Å²) in [4.78, 5) is 0. The first kappa shape index (κ1) is 25.5. The van der Waals surface area contributed by atoms with Crippen LogP contribution in [0, 0.1) is 0 Å². The lowest BCUT2D eigenvalue weighted by atomic mass is 9.74. The molecule has 0 saturated carbocycles. The van der Waals surface area contributed by atoms with Crippen molar-refractivity contribution < 1.29 is 17.9 Å². The Kier molecular flexibility index (Phi) is 7.63. The standard InChI is InChI=1S/C32H32F3NO/c33-32(34,35)28-20-24(22-37-23-31(15-17-36-18-16-31)27-11-5-2-6-12-27)19-26(21-28)30-14-8-7-13-29(30)25-9-3-1-4-10-25/h1-14,19-21,29-30,36H,15-18,22-23H2. The molecule has 3 aromatic rings. The van der Waals surface area contributed by atoms with Gasteiger partial charge >= 0.3 is 6.18 Å². The van der Waals surface area contributed by atoms with Gasteiger partial charge in [-0.1, -0.05) is 91.0 Å². The van der Waals surface area contributed by atoms with Gasteiger partial charge in [-0.2, -0.15) is 13.2 Å². The average molecular weight is 504 g/mol. The minimum atomic E-state index is -4.43. The van der Waals surface area contributed by atoms with Gasteiger partial charge in [0, 0.05) is 17.3 Å². The lowest BCUT2D eigenvalue weighted by Crippen LogP contribution is -2.43. The molecule has 1 saturated heterocycles. The zero-order valence-electron chi connectivity index (χ0n) is 20.8. The first-order valence-corrected chi connectivity index (χ1v) is 12.9. The van der Waals surface area contributed by atoms with Gasteiger partial charge in [0.05, 0.1) is 18.8 Å². The van der Waals surface area contributed by atoms with E-state index in [0.29, 0.717) is 17.7 Å². The molecule has 0 amide bonds. The number of piperidine rings is 1. The molecule has 0 spiro atoms. The lowest BCUT2D eigenvalue weighted by Gasteiger charge is -2.38. The van der Waals surface area contributed by atoms with Gasteiger partial charge in [0.25, 0.3) is 0 Å². The molecule has 3 aromatic carbocycles. The first-order chi connectivity index (χ1) is 17.9. The Morgan fingerprint density at radius 1 is 0.784 bits per heavy atom. The topological polar surface area (TPSA) is 21.3 Å². The van der Waals surface area contributed by atoms with Gasteiger partial charge < -0.3 is 10.1 Å². The van der Waals surface area contributed by atoms with E-state index in [-0.39, 0.29) is 23.9 Å². The summed E-state index contributed by atoms with van der Waals surface area (Å²) in [6.07, 6.45) is 5.39. The number of ether oxygens (including phenoxy) is 1. The molecule has 2 unspecified atom stereocenters. The molecule has 1 N–H and O–H groups in total. The number of alkyl halides is 3. The molecule has 5 rings (SSSR count). The van der Waals surface area contributed by atoms with Crippen LogP contribution >= 0.6 is 0 Å². The minimum absolute atomic E-state index is 0.0282. The van der Waals surface area contributed by atoms with Crippen molar-refractivity contribution in [3.05, 3.63) is 131 Å². The highest BCUT2D eigenvalue weighted by Crippen LogP contribution is 2.41. The van der Waals surface area contributed by atoms with Gasteiger partial charge in [-0.3, -0.25) is 0 Å². The van der Waals surface area contributed by atoms with E-state index in [9.17, 15) is 13.2 Å². The van der Waals surface area contributed by atoms with Crippen LogP contribution in [0.15, 0.2) is 103 Å². The summed E-state index contributed by atoms with van der Waals surface area (Å²) in [5.41, 5.74) is 2.76. The monoisotopic (exact) mass is 503 g/mol. The predicted octanol–water partition coefficient (Wildman–Crippen LogP) is 7.54. The Hall–Kier alpha value is -3.15. The molecule has 1 aliphatic heterocycles. The van der Waals surface area contributed by atoms with Crippen molar-refractivity contribution in [3.63, 3.8) is 0 Å². The third kappa shape index (κ3) is 5.89. The van der Waals surface area contributed by atoms with E-state index in [1.807, 2.05) is 72.8 Å². The second-order valence-electron chi connectivity index (χ2n) is 10.1. The summed E-state index contributed by atoms with van der Waals surface area (Å²) >= 11 is 0. The molecule has 0 aromatic heterocycles. The van der Waals surface area contributed by atoms with Crippen molar-refractivity contribution in [2.45, 2.75) is 42.9 Å². The van der Waals surface area contributed by atoms with Crippen LogP contribution in [-0.2, 0) is 22.9 Å². The fraction of sp³-hybridized carbons (Fsp3) is 0.312. The van der Waals surface area contributed by atoms with Crippen molar-refractivity contribution in [1.29, 1.82) is 0 Å². The number of allylic oxidation sites excluding steroid dienone is 4. The smallest absolute Gasteiger partial charge is 0.376 e. The van der Waals surface area contributed by atoms with E-state index in [4.69, 9.17) is 4.74 Å². The van der Waals surface area contributed by atoms with Crippen LogP contribution in [0.2, 0.25) is 0 Å². The average Bonchev–Trinajstić information content (AvgIpc) is 2.94. The number of hydrogen-bond donors (Lipinski definition) is 1. The zero-order chi connectivity index (χ0) is 25.7. The molecule has 1 fully saturated rings. The Morgan fingerprint density at radius 2 is 1.41 bits per heavy atom. The largest absolute Gasteiger partial charge is 0.416 e. The van der Waals surface area contributed by atoms with Crippen LogP contribution < -0.4 is 5.32 Å². The van der Waals surface area contributed by atoms with Gasteiger partial charge in [0.2, 0.25) is 0 Å². The number of rotatable bonds is 7. The second kappa shape index (κ2) is 11.1. The van der Waals surface area contributed by atoms with Crippen molar-refractivity contribution in [2.75, 3.05) is 19.7 Å². The van der Waals surface area contributed by atoms with Crippen LogP contribution in [0.4, 0.5) is 13.2 Å². The maximum absolute atomic E-state index is 14.0. The molecule has 5 heteroatoms. The molecule has 2 nitrogen and oxygen atoms in total. The third-order valence-corrected chi connectivity index (χ3v) is 7.64. The number of benzene rings is 3. The van der Waals surface area contributed by atoms with E-state index in [1.54, 1.807) is 0 Å². The summed E-state index contributed by atoms with van der Waals surface area (Å²) < 4.78 is 48.1. The molecule has 0 bridgehead atoms. The highest BCUT2D eigenvalue weighted by Gasteiger charge is 2.35. The molecule has 2 aliphatic rings. The van der Waals surface area contributed by atoms with E-state index in [0.717, 1.165) is 31.5 Å². The highest BCUT2D eigenvalue weighted by atomic mass is 19.4. The van der Waals surface area contributed by atoms with Crippen molar-refractivity contribution in [1.82, 2.24) is 5.32 Å². The number of halogens is 3. The minimum Gasteiger partial charge on any atom is -0.376 e. The van der Waals surface area contributed by atoms with Crippen LogP contribution in [0.1, 0.15) is 52.5 Å². The second-order valence-corrected chi connectivity index (χ2v) is 10.1. The molecule has 1 aliphatic carbocycles. The Morgan fingerprint density at radius 3 is 2.05 bits per heavy atom. The van der Waals surface area contributed by atoms with Crippen molar-refractivity contribution >= 4 is 0 Å². The Balaban J connectivity index is 1.41. The van der Waals surface area contributed by atoms with E-state index in [1.165, 1.54) is 17.7 Å². The third-order valence-electron chi connectivity index (χ3n) is 7.64. The lowest BCUT2D eigenvalue weighted by molar-refractivity contribution is -0.137. The summed E-state index contributed by atoms with van der Waals surface area (Å²) in [5, 5.41) is 3.41. The Labute approximate surface area is 216 Å². The van der Waals surface area contributed by atoms with Crippen LogP contribution in [0.5, 0.6) is 0 Å². The Bertz CT molecular complexity index is 1230. The van der Waals surface area contributed by atoms with Crippen molar-refractivity contribution in [3.8, 4) is 0 Å². The van der Waals surface area contributed by atoms with Crippen LogP contribution in [-0.4, -0.2) is 19.7 Å². The molecular formula is C32H32F3NO. The van der Waals surface area contributed by atoms with Crippen LogP contribution in [0.25, 0.3) is 0 Å². The molecule has 37 heavy (non-hydrogen) atoms. The maximum Gasteiger partial charge on any atom is 0.416 e. The summed E-state index contributed by atoms with van der Waals surface area (Å²) in [6.45, 7) is 2.41. The van der Waals surface area contributed by atoms with E-state index in [2.05, 4.69) is 23.5 Å². The van der Waals surface area contributed by atoms with Gasteiger partial charge in [-0.15, -0.1) is 0 Å². The number of nitrogens with one attached hydrogen (secondary N) is 1. The SMILES string of the molecule is FC(F)(F)c1cc(COCC2(c3ccccc3)CCNCC2)cc(C2C=CC=CC2c2ccccc2)c1. The fourth-order valence-electron chi connectivity index (χ4n) is 5.65. The molecule has 1 heterocycles. The summed E-state index contributed by atoms with van der Waals surface area (Å²) in [6, 6.07) is 24.7. The quantitative estimate of drug-likeness (QED) is 0.360. The van der Waals surface area contributed by atoms with Crippen molar-refractivity contribution in [2.24, 2.45) is 0 Å². The van der Waals surface area contributed by atoms with E-state index >= 15 is 0 Å². The van der Waals surface area contributed by atoms with Gasteiger partial charge in [-0.25, -0.2) is 0 Å². The van der Waals surface area contributed by atoms with Gasteiger partial charge in [-0.05, 0) is 60.3 Å². The van der Waals surface area contributed by atoms with Gasteiger partial charge in [0.15, 0.2) is 0 Å². The predicted molar refractivity (Wildman–Crippen MR) is 142 cm³/mol. The zero-order valence-corrected chi connectivity index (χ0v) is 20.8. The molecular weight excluding hydrogens is 471 g/mol. The maximum atomic E-state index is 14.0. The number of hydrogen-bond acceptors (Lipinski definition) is 2.